The molecule has 0 aliphatic heterocycles. The highest BCUT2D eigenvalue weighted by Crippen LogP contribution is 2.35. The van der Waals surface area contributed by atoms with Gasteiger partial charge in [-0.05, 0) is 77.8 Å². The van der Waals surface area contributed by atoms with Crippen LogP contribution in [0.2, 0.25) is 10.0 Å². The van der Waals surface area contributed by atoms with Gasteiger partial charge in [-0.15, -0.1) is 12.4 Å². The molecule has 0 aliphatic carbocycles. The standard InChI is InChI=1S/C33H30BrCl2N5O6.ClH/c1-4-46-30(45)16-15-28(43)39-22-10-7-21(8-11-22)9-14-27(42)37-18-29(44)40(3)25-13-12-24(35)23(31(25)36)19-47-26-6-5-17-41-32(34)20(2)38-33(26)41;/h5-17H,4,18-19H2,1-3H3,(H,37,42)(H,39,43);1H/b14-9?,16-15+;. The molecule has 48 heavy (non-hydrogen) atoms. The average molecular weight is 780 g/mol. The first-order valence-electron chi connectivity index (χ1n) is 14.2. The summed E-state index contributed by atoms with van der Waals surface area (Å²) < 4.78 is 13.4. The summed E-state index contributed by atoms with van der Waals surface area (Å²) in [6, 6.07) is 13.5. The molecule has 0 fully saturated rings. The second kappa shape index (κ2) is 17.7. The van der Waals surface area contributed by atoms with Gasteiger partial charge in [-0.3, -0.25) is 18.8 Å². The minimum absolute atomic E-state index is 0. The second-order valence-corrected chi connectivity index (χ2v) is 11.4. The van der Waals surface area contributed by atoms with E-state index < -0.39 is 23.7 Å². The van der Waals surface area contributed by atoms with Crippen LogP contribution >= 0.6 is 51.5 Å². The lowest BCUT2D eigenvalue weighted by atomic mass is 10.2. The van der Waals surface area contributed by atoms with Gasteiger partial charge in [0.15, 0.2) is 11.4 Å². The number of nitrogens with one attached hydrogen (secondary N) is 2. The van der Waals surface area contributed by atoms with E-state index in [-0.39, 0.29) is 37.2 Å². The van der Waals surface area contributed by atoms with E-state index in [1.807, 2.05) is 23.6 Å². The summed E-state index contributed by atoms with van der Waals surface area (Å²) >= 11 is 16.7. The zero-order chi connectivity index (χ0) is 34.1. The summed E-state index contributed by atoms with van der Waals surface area (Å²) in [5, 5.41) is 5.78. The van der Waals surface area contributed by atoms with Crippen molar-refractivity contribution >= 4 is 98.3 Å². The number of carbonyl (C=O) groups is 4. The zero-order valence-electron chi connectivity index (χ0n) is 26.0. The fourth-order valence-corrected chi connectivity index (χ4v) is 5.19. The Bertz CT molecular complexity index is 1880. The van der Waals surface area contributed by atoms with Gasteiger partial charge in [0, 0.05) is 47.7 Å². The number of rotatable bonds is 12. The molecule has 0 bridgehead atoms. The molecule has 11 nitrogen and oxygen atoms in total. The van der Waals surface area contributed by atoms with E-state index in [0.29, 0.717) is 38.9 Å². The van der Waals surface area contributed by atoms with Crippen LogP contribution in [0.5, 0.6) is 5.75 Å². The molecule has 2 aromatic carbocycles. The van der Waals surface area contributed by atoms with Gasteiger partial charge < -0.3 is 25.0 Å². The Hall–Kier alpha value is -4.36. The molecule has 0 spiro atoms. The molecular weight excluding hydrogens is 749 g/mol. The number of esters is 1. The number of amides is 3. The predicted molar refractivity (Wildman–Crippen MR) is 192 cm³/mol. The number of hydrogen-bond donors (Lipinski definition) is 2. The highest BCUT2D eigenvalue weighted by Gasteiger charge is 2.20. The molecule has 0 unspecified atom stereocenters. The number of anilines is 2. The first kappa shape index (κ1) is 38.1. The van der Waals surface area contributed by atoms with Gasteiger partial charge in [0.1, 0.15) is 11.2 Å². The van der Waals surface area contributed by atoms with Crippen molar-refractivity contribution in [2.24, 2.45) is 0 Å². The van der Waals surface area contributed by atoms with Crippen LogP contribution < -0.4 is 20.3 Å². The number of likely N-dealkylation sites (N-methyl/N-ethyl adjacent to an activating group) is 1. The molecule has 2 N–H and O–H groups in total. The summed E-state index contributed by atoms with van der Waals surface area (Å²) in [7, 11) is 1.54. The molecule has 0 aliphatic rings. The van der Waals surface area contributed by atoms with E-state index in [2.05, 4.69) is 31.5 Å². The third-order valence-electron chi connectivity index (χ3n) is 6.66. The molecular formula is C33H31BrCl3N5O6. The largest absolute Gasteiger partial charge is 0.485 e. The first-order chi connectivity index (χ1) is 22.5. The smallest absolute Gasteiger partial charge is 0.330 e. The lowest BCUT2D eigenvalue weighted by Gasteiger charge is -2.21. The van der Waals surface area contributed by atoms with Crippen LogP contribution in [0.3, 0.4) is 0 Å². The Morgan fingerprint density at radius 2 is 1.75 bits per heavy atom. The molecule has 4 rings (SSSR count). The number of pyridine rings is 1. The summed E-state index contributed by atoms with van der Waals surface area (Å²) in [6.45, 7) is 3.50. The number of hydrogen-bond acceptors (Lipinski definition) is 7. The normalized spacial score (nSPS) is 11.0. The summed E-state index contributed by atoms with van der Waals surface area (Å²) in [5.74, 6) is -1.47. The Kier molecular flexibility index (Phi) is 14.0. The summed E-state index contributed by atoms with van der Waals surface area (Å²) in [5.41, 5.74) is 3.49. The van der Waals surface area contributed by atoms with Crippen LogP contribution in [0.15, 0.2) is 77.6 Å². The van der Waals surface area contributed by atoms with E-state index in [1.54, 1.807) is 62.5 Å². The molecule has 2 aromatic heterocycles. The molecule has 4 aromatic rings. The third kappa shape index (κ3) is 9.83. The fraction of sp³-hybridized carbons (Fsp3) is 0.182. The van der Waals surface area contributed by atoms with E-state index in [1.165, 1.54) is 11.0 Å². The van der Waals surface area contributed by atoms with Crippen molar-refractivity contribution in [2.45, 2.75) is 20.5 Å². The van der Waals surface area contributed by atoms with Crippen LogP contribution in [-0.2, 0) is 30.5 Å². The predicted octanol–water partition coefficient (Wildman–Crippen LogP) is 6.56. The van der Waals surface area contributed by atoms with E-state index in [0.717, 1.165) is 22.4 Å². The monoisotopic (exact) mass is 777 g/mol. The molecule has 3 amide bonds. The Balaban J connectivity index is 0.00000625. The van der Waals surface area contributed by atoms with Crippen molar-refractivity contribution < 1.29 is 28.7 Å². The maximum atomic E-state index is 13.0. The highest BCUT2D eigenvalue weighted by atomic mass is 79.9. The average Bonchev–Trinajstić information content (AvgIpc) is 3.35. The van der Waals surface area contributed by atoms with Crippen molar-refractivity contribution in [3.05, 3.63) is 104 Å². The van der Waals surface area contributed by atoms with Gasteiger partial charge in [0.2, 0.25) is 17.7 Å². The molecule has 0 saturated heterocycles. The maximum Gasteiger partial charge on any atom is 0.330 e. The van der Waals surface area contributed by atoms with Crippen LogP contribution in [0.4, 0.5) is 11.4 Å². The lowest BCUT2D eigenvalue weighted by molar-refractivity contribution is -0.137. The Morgan fingerprint density at radius 3 is 2.46 bits per heavy atom. The van der Waals surface area contributed by atoms with Crippen molar-refractivity contribution in [3.8, 4) is 5.75 Å². The second-order valence-electron chi connectivity index (χ2n) is 9.90. The summed E-state index contributed by atoms with van der Waals surface area (Å²) in [4.78, 5) is 54.5. The topological polar surface area (TPSA) is 131 Å². The molecule has 0 radical (unpaired) electrons. The van der Waals surface area contributed by atoms with E-state index in [4.69, 9.17) is 32.7 Å². The number of ether oxygens (including phenoxy) is 2. The number of aromatic nitrogens is 2. The van der Waals surface area contributed by atoms with Gasteiger partial charge in [0.25, 0.3) is 0 Å². The molecule has 15 heteroatoms. The van der Waals surface area contributed by atoms with Gasteiger partial charge >= 0.3 is 5.97 Å². The number of benzene rings is 2. The van der Waals surface area contributed by atoms with Crippen molar-refractivity contribution in [1.82, 2.24) is 14.7 Å². The van der Waals surface area contributed by atoms with Gasteiger partial charge in [-0.1, -0.05) is 35.3 Å². The Labute approximate surface area is 301 Å². The third-order valence-corrected chi connectivity index (χ3v) is 8.40. The maximum absolute atomic E-state index is 13.0. The van der Waals surface area contributed by atoms with Crippen molar-refractivity contribution in [2.75, 3.05) is 30.4 Å². The number of imidazole rings is 1. The number of carbonyl (C=O) groups excluding carboxylic acids is 4. The number of nitrogens with zero attached hydrogens (tertiary/aromatic N) is 3. The van der Waals surface area contributed by atoms with E-state index in [9.17, 15) is 19.2 Å². The van der Waals surface area contributed by atoms with Crippen LogP contribution in [-0.4, -0.2) is 53.3 Å². The molecule has 0 atom stereocenters. The number of fused-ring (bicyclic) bond motifs is 1. The molecule has 252 valence electrons. The number of aryl methyl sites for hydroxylation is 1. The van der Waals surface area contributed by atoms with Gasteiger partial charge in [-0.25, -0.2) is 9.78 Å². The highest BCUT2D eigenvalue weighted by molar-refractivity contribution is 9.10. The lowest BCUT2D eigenvalue weighted by Crippen LogP contribution is -2.37. The minimum Gasteiger partial charge on any atom is -0.485 e. The van der Waals surface area contributed by atoms with Gasteiger partial charge in [0.05, 0.1) is 29.6 Å². The van der Waals surface area contributed by atoms with Crippen molar-refractivity contribution in [3.63, 3.8) is 0 Å². The summed E-state index contributed by atoms with van der Waals surface area (Å²) in [6.07, 6.45) is 6.82. The first-order valence-corrected chi connectivity index (χ1v) is 15.7. The van der Waals surface area contributed by atoms with Gasteiger partial charge in [-0.2, -0.15) is 0 Å². The molecule has 2 heterocycles. The van der Waals surface area contributed by atoms with E-state index >= 15 is 0 Å². The van der Waals surface area contributed by atoms with Crippen LogP contribution in [0, 0.1) is 6.92 Å². The van der Waals surface area contributed by atoms with Crippen molar-refractivity contribution in [1.29, 1.82) is 0 Å². The quantitative estimate of drug-likeness (QED) is 0.123. The SMILES string of the molecule is CCOC(=O)/C=C/C(=O)Nc1ccc(C=CC(=O)NCC(=O)N(C)c2ccc(Cl)c(COc3cccn4c(Br)c(C)nc34)c2Cl)cc1.Cl. The fourth-order valence-electron chi connectivity index (χ4n) is 4.21. The van der Waals surface area contributed by atoms with Crippen LogP contribution in [0.25, 0.3) is 11.7 Å². The number of halogens is 4. The minimum atomic E-state index is -0.608. The van der Waals surface area contributed by atoms with Crippen LogP contribution in [0.1, 0.15) is 23.7 Å². The Morgan fingerprint density at radius 1 is 1.02 bits per heavy atom. The zero-order valence-corrected chi connectivity index (χ0v) is 29.9. The molecule has 0 saturated carbocycles.